The summed E-state index contributed by atoms with van der Waals surface area (Å²) in [5, 5.41) is 4.12. The van der Waals surface area contributed by atoms with Crippen molar-refractivity contribution in [3.05, 3.63) is 41.8 Å². The third-order valence-electron chi connectivity index (χ3n) is 2.43. The first kappa shape index (κ1) is 10.5. The Morgan fingerprint density at radius 2 is 2.25 bits per heavy atom. The fourth-order valence-corrected chi connectivity index (χ4v) is 1.62. The minimum absolute atomic E-state index is 0.0707. The molecule has 0 aliphatic carbocycles. The molecule has 0 saturated heterocycles. The van der Waals surface area contributed by atoms with Gasteiger partial charge in [-0.05, 0) is 31.2 Å². The van der Waals surface area contributed by atoms with Crippen LogP contribution in [0.25, 0.3) is 11.3 Å². The van der Waals surface area contributed by atoms with Crippen molar-refractivity contribution in [2.24, 2.45) is 0 Å². The summed E-state index contributed by atoms with van der Waals surface area (Å²) < 4.78 is 14.9. The second-order valence-electron chi connectivity index (χ2n) is 3.39. The predicted octanol–water partition coefficient (Wildman–Crippen LogP) is 2.52. The van der Waals surface area contributed by atoms with Crippen LogP contribution < -0.4 is 0 Å². The third-order valence-corrected chi connectivity index (χ3v) is 2.43. The Hall–Kier alpha value is -1.97. The summed E-state index contributed by atoms with van der Waals surface area (Å²) in [5.74, 6) is -0.499. The van der Waals surface area contributed by atoms with Crippen molar-refractivity contribution in [2.45, 2.75) is 13.5 Å². The van der Waals surface area contributed by atoms with Crippen LogP contribution in [0.3, 0.4) is 0 Å². The van der Waals surface area contributed by atoms with Crippen LogP contribution in [0.1, 0.15) is 17.3 Å². The second-order valence-corrected chi connectivity index (χ2v) is 3.39. The maximum Gasteiger partial charge on any atom is 0.153 e. The van der Waals surface area contributed by atoms with E-state index in [4.69, 9.17) is 0 Å². The molecule has 0 radical (unpaired) electrons. The summed E-state index contributed by atoms with van der Waals surface area (Å²) in [6, 6.07) is 6.31. The number of hydrogen-bond donors (Lipinski definition) is 0. The van der Waals surface area contributed by atoms with Gasteiger partial charge in [0, 0.05) is 18.3 Å². The summed E-state index contributed by atoms with van der Waals surface area (Å²) in [6.07, 6.45) is 2.20. The van der Waals surface area contributed by atoms with E-state index >= 15 is 0 Å². The van der Waals surface area contributed by atoms with Crippen molar-refractivity contribution in [3.63, 3.8) is 0 Å². The van der Waals surface area contributed by atoms with Gasteiger partial charge in [0.25, 0.3) is 0 Å². The summed E-state index contributed by atoms with van der Waals surface area (Å²) in [6.45, 7) is 2.71. The molecule has 0 atom stereocenters. The van der Waals surface area contributed by atoms with E-state index < -0.39 is 5.82 Å². The number of halogens is 1. The molecular formula is C12H11FN2O. The minimum atomic E-state index is -0.499. The van der Waals surface area contributed by atoms with E-state index in [0.29, 0.717) is 6.29 Å². The molecule has 0 aliphatic heterocycles. The number of carbonyl (C=O) groups is 1. The van der Waals surface area contributed by atoms with Gasteiger partial charge in [0.15, 0.2) is 6.29 Å². The van der Waals surface area contributed by atoms with Gasteiger partial charge in [0.05, 0.1) is 11.3 Å². The summed E-state index contributed by atoms with van der Waals surface area (Å²) >= 11 is 0. The standard InChI is InChI=1S/C12H11FN2O/c1-2-15-12(5-6-14-15)9-3-4-11(13)10(7-9)8-16/h3-8H,2H2,1H3. The van der Waals surface area contributed by atoms with E-state index in [2.05, 4.69) is 5.10 Å². The van der Waals surface area contributed by atoms with Gasteiger partial charge in [0.2, 0.25) is 0 Å². The highest BCUT2D eigenvalue weighted by Crippen LogP contribution is 2.21. The molecule has 1 heterocycles. The largest absolute Gasteiger partial charge is 0.298 e. The molecule has 3 nitrogen and oxygen atoms in total. The van der Waals surface area contributed by atoms with Crippen LogP contribution in [0.2, 0.25) is 0 Å². The molecule has 16 heavy (non-hydrogen) atoms. The molecule has 1 aromatic carbocycles. The molecular weight excluding hydrogens is 207 g/mol. The predicted molar refractivity (Wildman–Crippen MR) is 58.7 cm³/mol. The Morgan fingerprint density at radius 3 is 2.94 bits per heavy atom. The first-order chi connectivity index (χ1) is 7.76. The van der Waals surface area contributed by atoms with Crippen molar-refractivity contribution in [2.75, 3.05) is 0 Å². The fourth-order valence-electron chi connectivity index (χ4n) is 1.62. The Bertz CT molecular complexity index is 519. The first-order valence-electron chi connectivity index (χ1n) is 5.03. The van der Waals surface area contributed by atoms with Gasteiger partial charge in [-0.25, -0.2) is 4.39 Å². The molecule has 2 aromatic rings. The molecule has 1 aromatic heterocycles. The fraction of sp³-hybridized carbons (Fsp3) is 0.167. The van der Waals surface area contributed by atoms with E-state index in [9.17, 15) is 9.18 Å². The molecule has 0 saturated carbocycles. The first-order valence-corrected chi connectivity index (χ1v) is 5.03. The van der Waals surface area contributed by atoms with Gasteiger partial charge in [-0.2, -0.15) is 5.10 Å². The number of rotatable bonds is 3. The maximum atomic E-state index is 13.1. The zero-order valence-corrected chi connectivity index (χ0v) is 8.85. The van der Waals surface area contributed by atoms with Crippen molar-refractivity contribution in [3.8, 4) is 11.3 Å². The van der Waals surface area contributed by atoms with Crippen molar-refractivity contribution < 1.29 is 9.18 Å². The molecule has 82 valence electrons. The number of hydrogen-bond acceptors (Lipinski definition) is 2. The van der Waals surface area contributed by atoms with Gasteiger partial charge in [-0.3, -0.25) is 9.48 Å². The Morgan fingerprint density at radius 1 is 1.44 bits per heavy atom. The highest BCUT2D eigenvalue weighted by atomic mass is 19.1. The molecule has 0 fully saturated rings. The van der Waals surface area contributed by atoms with E-state index in [1.165, 1.54) is 12.1 Å². The molecule has 0 spiro atoms. The van der Waals surface area contributed by atoms with Crippen molar-refractivity contribution in [1.82, 2.24) is 9.78 Å². The highest BCUT2D eigenvalue weighted by Gasteiger charge is 2.07. The Labute approximate surface area is 92.5 Å². The normalized spacial score (nSPS) is 10.4. The molecule has 0 aliphatic rings. The quantitative estimate of drug-likeness (QED) is 0.742. The third kappa shape index (κ3) is 1.74. The van der Waals surface area contributed by atoms with Gasteiger partial charge in [-0.1, -0.05) is 0 Å². The van der Waals surface area contributed by atoms with Crippen LogP contribution in [0.5, 0.6) is 0 Å². The molecule has 0 amide bonds. The van der Waals surface area contributed by atoms with Crippen LogP contribution in [-0.2, 0) is 6.54 Å². The molecule has 2 rings (SSSR count). The summed E-state index contributed by atoms with van der Waals surface area (Å²) in [5.41, 5.74) is 1.75. The lowest BCUT2D eigenvalue weighted by molar-refractivity contribution is 0.112. The highest BCUT2D eigenvalue weighted by molar-refractivity contribution is 5.78. The zero-order valence-electron chi connectivity index (χ0n) is 8.85. The Kier molecular flexibility index (Phi) is 2.81. The lowest BCUT2D eigenvalue weighted by atomic mass is 10.1. The van der Waals surface area contributed by atoms with Gasteiger partial charge < -0.3 is 0 Å². The van der Waals surface area contributed by atoms with Crippen LogP contribution in [0.15, 0.2) is 30.5 Å². The molecule has 0 N–H and O–H groups in total. The smallest absolute Gasteiger partial charge is 0.153 e. The van der Waals surface area contributed by atoms with E-state index in [1.54, 1.807) is 16.9 Å². The van der Waals surface area contributed by atoms with E-state index in [-0.39, 0.29) is 5.56 Å². The van der Waals surface area contributed by atoms with Crippen LogP contribution in [0, 0.1) is 5.82 Å². The average molecular weight is 218 g/mol. The zero-order chi connectivity index (χ0) is 11.5. The minimum Gasteiger partial charge on any atom is -0.298 e. The number of aryl methyl sites for hydroxylation is 1. The number of nitrogens with zero attached hydrogens (tertiary/aromatic N) is 2. The summed E-state index contributed by atoms with van der Waals surface area (Å²) in [4.78, 5) is 10.6. The van der Waals surface area contributed by atoms with Gasteiger partial charge in [0.1, 0.15) is 5.82 Å². The Balaban J connectivity index is 2.52. The van der Waals surface area contributed by atoms with Crippen LogP contribution >= 0.6 is 0 Å². The van der Waals surface area contributed by atoms with E-state index in [0.717, 1.165) is 17.8 Å². The lowest BCUT2D eigenvalue weighted by Gasteiger charge is -2.05. The van der Waals surface area contributed by atoms with Gasteiger partial charge >= 0.3 is 0 Å². The van der Waals surface area contributed by atoms with Crippen LogP contribution in [0.4, 0.5) is 4.39 Å². The maximum absolute atomic E-state index is 13.1. The molecule has 0 bridgehead atoms. The second kappa shape index (κ2) is 4.26. The SMILES string of the molecule is CCn1nccc1-c1ccc(F)c(C=O)c1. The van der Waals surface area contributed by atoms with Gasteiger partial charge in [-0.15, -0.1) is 0 Å². The van der Waals surface area contributed by atoms with Crippen molar-refractivity contribution >= 4 is 6.29 Å². The average Bonchev–Trinajstić information content (AvgIpc) is 2.78. The van der Waals surface area contributed by atoms with Crippen LogP contribution in [-0.4, -0.2) is 16.1 Å². The van der Waals surface area contributed by atoms with E-state index in [1.807, 2.05) is 13.0 Å². The number of benzene rings is 1. The lowest BCUT2D eigenvalue weighted by Crippen LogP contribution is -1.99. The molecule has 4 heteroatoms. The monoisotopic (exact) mass is 218 g/mol. The van der Waals surface area contributed by atoms with Crippen molar-refractivity contribution in [1.29, 1.82) is 0 Å². The number of aldehydes is 1. The number of aromatic nitrogens is 2. The summed E-state index contributed by atoms with van der Waals surface area (Å²) in [7, 11) is 0. The topological polar surface area (TPSA) is 34.9 Å². The molecule has 0 unspecified atom stereocenters. The number of carbonyl (C=O) groups excluding carboxylic acids is 1.